The fraction of sp³-hybridized carbons (Fsp3) is 0.400. The predicted octanol–water partition coefficient (Wildman–Crippen LogP) is -0.224. The number of rotatable bonds is 3. The second-order valence-corrected chi connectivity index (χ2v) is 5.27. The van der Waals surface area contributed by atoms with Gasteiger partial charge in [-0.05, 0) is 22.6 Å². The zero-order valence-electron chi connectivity index (χ0n) is 6.14. The van der Waals surface area contributed by atoms with Gasteiger partial charge in [-0.1, -0.05) is 0 Å². The van der Waals surface area contributed by atoms with E-state index in [1.165, 1.54) is 0 Å². The highest BCUT2D eigenvalue weighted by molar-refractivity contribution is 14.1. The fourth-order valence-electron chi connectivity index (χ4n) is 0.681. The average molecular weight is 301 g/mol. The molecule has 0 aromatic carbocycles. The Morgan fingerprint density at radius 1 is 1.67 bits per heavy atom. The van der Waals surface area contributed by atoms with Crippen molar-refractivity contribution in [2.75, 3.05) is 5.75 Å². The summed E-state index contributed by atoms with van der Waals surface area (Å²) >= 11 is 2.10. The smallest absolute Gasteiger partial charge is 0.210 e. The van der Waals surface area contributed by atoms with Crippen LogP contribution in [-0.4, -0.2) is 24.0 Å². The van der Waals surface area contributed by atoms with Gasteiger partial charge in [0.05, 0.1) is 22.1 Å². The first-order valence-corrected chi connectivity index (χ1v) is 5.95. The molecule has 0 aliphatic carbocycles. The van der Waals surface area contributed by atoms with Gasteiger partial charge in [-0.25, -0.2) is 13.6 Å². The molecule has 1 aromatic rings. The van der Waals surface area contributed by atoms with Gasteiger partial charge in [0.1, 0.15) is 0 Å². The zero-order chi connectivity index (χ0) is 9.19. The van der Waals surface area contributed by atoms with Crippen molar-refractivity contribution in [3.8, 4) is 0 Å². The fourth-order valence-corrected chi connectivity index (χ4v) is 1.57. The maximum atomic E-state index is 10.5. The number of aromatic nitrogens is 2. The van der Waals surface area contributed by atoms with Crippen molar-refractivity contribution in [1.29, 1.82) is 0 Å². The predicted molar refractivity (Wildman–Crippen MR) is 52.9 cm³/mol. The molecule has 12 heavy (non-hydrogen) atoms. The minimum Gasteiger partial charge on any atom is -0.271 e. The summed E-state index contributed by atoms with van der Waals surface area (Å²) < 4.78 is 23.6. The maximum Gasteiger partial charge on any atom is 0.210 e. The van der Waals surface area contributed by atoms with Crippen molar-refractivity contribution < 1.29 is 8.42 Å². The first kappa shape index (κ1) is 9.93. The summed E-state index contributed by atoms with van der Waals surface area (Å²) in [7, 11) is -3.38. The van der Waals surface area contributed by atoms with Gasteiger partial charge in [0.2, 0.25) is 10.0 Å². The summed E-state index contributed by atoms with van der Waals surface area (Å²) in [6.07, 6.45) is 3.41. The molecule has 0 spiro atoms. The van der Waals surface area contributed by atoms with E-state index in [0.29, 0.717) is 6.54 Å². The molecule has 0 saturated carbocycles. The van der Waals surface area contributed by atoms with Crippen LogP contribution in [0.3, 0.4) is 0 Å². The van der Waals surface area contributed by atoms with Gasteiger partial charge >= 0.3 is 0 Å². The molecule has 0 unspecified atom stereocenters. The quantitative estimate of drug-likeness (QED) is 0.784. The Morgan fingerprint density at radius 3 is 2.75 bits per heavy atom. The number of aryl methyl sites for hydroxylation is 1. The molecule has 0 saturated heterocycles. The molecule has 1 rings (SSSR count). The van der Waals surface area contributed by atoms with Crippen molar-refractivity contribution in [3.63, 3.8) is 0 Å². The molecule has 7 heteroatoms. The second-order valence-electron chi connectivity index (χ2n) is 2.29. The molecule has 1 heterocycles. The van der Waals surface area contributed by atoms with E-state index < -0.39 is 10.0 Å². The summed E-state index contributed by atoms with van der Waals surface area (Å²) in [5.41, 5.74) is 0. The van der Waals surface area contributed by atoms with Gasteiger partial charge in [-0.2, -0.15) is 5.10 Å². The molecule has 0 radical (unpaired) electrons. The lowest BCUT2D eigenvalue weighted by Crippen LogP contribution is -2.20. The summed E-state index contributed by atoms with van der Waals surface area (Å²) in [6, 6.07) is 0. The Balaban J connectivity index is 2.55. The van der Waals surface area contributed by atoms with Gasteiger partial charge in [0.25, 0.3) is 0 Å². The van der Waals surface area contributed by atoms with Crippen LogP contribution in [-0.2, 0) is 16.6 Å². The van der Waals surface area contributed by atoms with Crippen LogP contribution in [0.25, 0.3) is 0 Å². The lowest BCUT2D eigenvalue weighted by atomic mass is 10.7. The number of sulfonamides is 1. The Bertz CT molecular complexity index is 359. The monoisotopic (exact) mass is 301 g/mol. The molecular weight excluding hydrogens is 293 g/mol. The average Bonchev–Trinajstić information content (AvgIpc) is 2.30. The molecule has 0 fully saturated rings. The third-order valence-corrected chi connectivity index (χ3v) is 2.52. The standard InChI is InChI=1S/C5H8IN3O2S/c6-5-3-8-9(4-5)1-2-12(7,10)11/h3-4H,1-2H2,(H2,7,10,11). The Labute approximate surface area is 84.1 Å². The van der Waals surface area contributed by atoms with Crippen LogP contribution in [0.1, 0.15) is 0 Å². The number of hydrogen-bond donors (Lipinski definition) is 1. The number of hydrogen-bond acceptors (Lipinski definition) is 3. The van der Waals surface area contributed by atoms with Crippen LogP contribution in [0.15, 0.2) is 12.4 Å². The highest BCUT2D eigenvalue weighted by Gasteiger charge is 2.03. The van der Waals surface area contributed by atoms with E-state index in [0.717, 1.165) is 3.57 Å². The summed E-state index contributed by atoms with van der Waals surface area (Å²) in [4.78, 5) is 0. The van der Waals surface area contributed by atoms with E-state index in [2.05, 4.69) is 27.7 Å². The summed E-state index contributed by atoms with van der Waals surface area (Å²) in [5.74, 6) is -0.0786. The van der Waals surface area contributed by atoms with Crippen molar-refractivity contribution in [3.05, 3.63) is 16.0 Å². The van der Waals surface area contributed by atoms with Crippen molar-refractivity contribution >= 4 is 32.6 Å². The number of primary sulfonamides is 1. The molecule has 0 amide bonds. The molecule has 0 atom stereocenters. The molecule has 5 nitrogen and oxygen atoms in total. The van der Waals surface area contributed by atoms with E-state index in [-0.39, 0.29) is 5.75 Å². The van der Waals surface area contributed by atoms with Crippen LogP contribution < -0.4 is 5.14 Å². The number of halogens is 1. The van der Waals surface area contributed by atoms with E-state index >= 15 is 0 Å². The Kier molecular flexibility index (Phi) is 3.07. The topological polar surface area (TPSA) is 78.0 Å². The second kappa shape index (κ2) is 3.71. The molecule has 0 aliphatic heterocycles. The van der Waals surface area contributed by atoms with Gasteiger partial charge in [0, 0.05) is 6.20 Å². The zero-order valence-corrected chi connectivity index (χ0v) is 9.12. The van der Waals surface area contributed by atoms with Gasteiger partial charge in [-0.3, -0.25) is 4.68 Å². The van der Waals surface area contributed by atoms with Crippen LogP contribution in [0.5, 0.6) is 0 Å². The van der Waals surface area contributed by atoms with Crippen molar-refractivity contribution in [2.24, 2.45) is 5.14 Å². The number of nitrogens with two attached hydrogens (primary N) is 1. The molecule has 68 valence electrons. The lowest BCUT2D eigenvalue weighted by Gasteiger charge is -1.97. The summed E-state index contributed by atoms with van der Waals surface area (Å²) in [5, 5.41) is 8.73. The third-order valence-electron chi connectivity index (χ3n) is 1.21. The molecule has 0 bridgehead atoms. The lowest BCUT2D eigenvalue weighted by molar-refractivity contribution is 0.582. The van der Waals surface area contributed by atoms with E-state index in [1.807, 2.05) is 0 Å². The van der Waals surface area contributed by atoms with Crippen LogP contribution in [0.4, 0.5) is 0 Å². The van der Waals surface area contributed by atoms with Crippen molar-refractivity contribution in [2.45, 2.75) is 6.54 Å². The van der Waals surface area contributed by atoms with Gasteiger partial charge in [-0.15, -0.1) is 0 Å². The highest BCUT2D eigenvalue weighted by Crippen LogP contribution is 2.00. The van der Waals surface area contributed by atoms with E-state index in [4.69, 9.17) is 5.14 Å². The third kappa shape index (κ3) is 3.50. The highest BCUT2D eigenvalue weighted by atomic mass is 127. The van der Waals surface area contributed by atoms with Gasteiger partial charge in [0.15, 0.2) is 0 Å². The van der Waals surface area contributed by atoms with E-state index in [9.17, 15) is 8.42 Å². The SMILES string of the molecule is NS(=O)(=O)CCn1cc(I)cn1. The Hall–Kier alpha value is -0.150. The maximum absolute atomic E-state index is 10.5. The molecular formula is C5H8IN3O2S. The van der Waals surface area contributed by atoms with Crippen LogP contribution in [0, 0.1) is 3.57 Å². The largest absolute Gasteiger partial charge is 0.271 e. The van der Waals surface area contributed by atoms with Crippen LogP contribution in [0.2, 0.25) is 0 Å². The minimum atomic E-state index is -3.38. The number of nitrogens with zero attached hydrogens (tertiary/aromatic N) is 2. The molecule has 0 aliphatic rings. The van der Waals surface area contributed by atoms with E-state index in [1.54, 1.807) is 17.1 Å². The molecule has 2 N–H and O–H groups in total. The van der Waals surface area contributed by atoms with Crippen LogP contribution >= 0.6 is 22.6 Å². The first-order chi connectivity index (χ1) is 5.47. The molecule has 1 aromatic heterocycles. The Morgan fingerprint density at radius 2 is 2.33 bits per heavy atom. The minimum absolute atomic E-state index is 0.0786. The normalized spacial score (nSPS) is 11.8. The van der Waals surface area contributed by atoms with Gasteiger partial charge < -0.3 is 0 Å². The first-order valence-electron chi connectivity index (χ1n) is 3.16. The summed E-state index contributed by atoms with van der Waals surface area (Å²) in [6.45, 7) is 0.307. The van der Waals surface area contributed by atoms with Crippen molar-refractivity contribution in [1.82, 2.24) is 9.78 Å².